The molecule has 0 spiro atoms. The van der Waals surface area contributed by atoms with Crippen molar-refractivity contribution in [3.63, 3.8) is 0 Å². The summed E-state index contributed by atoms with van der Waals surface area (Å²) in [5, 5.41) is 9.60. The molecule has 0 amide bonds. The fourth-order valence-corrected chi connectivity index (χ4v) is 1.57. The Morgan fingerprint density at radius 2 is 2.00 bits per heavy atom. The molecular formula is C11H8N4O. The van der Waals surface area contributed by atoms with Crippen LogP contribution in [-0.4, -0.2) is 15.2 Å². The number of fused-ring (bicyclic) bond motifs is 1. The van der Waals surface area contributed by atoms with Crippen LogP contribution in [0.5, 0.6) is 0 Å². The van der Waals surface area contributed by atoms with Crippen LogP contribution in [0.15, 0.2) is 41.1 Å². The second-order valence-corrected chi connectivity index (χ2v) is 3.38. The van der Waals surface area contributed by atoms with E-state index in [-0.39, 0.29) is 6.01 Å². The quantitative estimate of drug-likeness (QED) is 0.666. The first-order valence-electron chi connectivity index (χ1n) is 4.76. The van der Waals surface area contributed by atoms with Crippen molar-refractivity contribution < 1.29 is 4.42 Å². The van der Waals surface area contributed by atoms with Crippen LogP contribution in [0, 0.1) is 0 Å². The average molecular weight is 212 g/mol. The second-order valence-electron chi connectivity index (χ2n) is 3.38. The Bertz CT molecular complexity index is 647. The summed E-state index contributed by atoms with van der Waals surface area (Å²) >= 11 is 0. The van der Waals surface area contributed by atoms with E-state index in [0.717, 1.165) is 16.3 Å². The highest BCUT2D eigenvalue weighted by molar-refractivity contribution is 5.85. The highest BCUT2D eigenvalue weighted by Gasteiger charge is 2.06. The molecule has 2 N–H and O–H groups in total. The fourth-order valence-electron chi connectivity index (χ4n) is 1.57. The summed E-state index contributed by atoms with van der Waals surface area (Å²) in [6.07, 6.45) is 3.55. The van der Waals surface area contributed by atoms with E-state index in [1.807, 2.05) is 24.3 Å². The van der Waals surface area contributed by atoms with Crippen molar-refractivity contribution in [3.8, 4) is 11.5 Å². The topological polar surface area (TPSA) is 77.8 Å². The molecule has 3 rings (SSSR count). The third kappa shape index (κ3) is 1.38. The average Bonchev–Trinajstić information content (AvgIpc) is 2.75. The Balaban J connectivity index is 2.18. The predicted molar refractivity (Wildman–Crippen MR) is 59.4 cm³/mol. The van der Waals surface area contributed by atoms with E-state index in [1.54, 1.807) is 12.4 Å². The van der Waals surface area contributed by atoms with Gasteiger partial charge in [0.25, 0.3) is 0 Å². The van der Waals surface area contributed by atoms with Gasteiger partial charge in [-0.05, 0) is 23.6 Å². The van der Waals surface area contributed by atoms with Gasteiger partial charge in [0.15, 0.2) is 0 Å². The van der Waals surface area contributed by atoms with Gasteiger partial charge in [-0.15, -0.1) is 5.10 Å². The van der Waals surface area contributed by atoms with Crippen LogP contribution in [0.25, 0.3) is 22.2 Å². The molecule has 0 fully saturated rings. The van der Waals surface area contributed by atoms with Gasteiger partial charge in [0.1, 0.15) is 0 Å². The van der Waals surface area contributed by atoms with Crippen molar-refractivity contribution >= 4 is 16.8 Å². The highest BCUT2D eigenvalue weighted by Crippen LogP contribution is 2.23. The van der Waals surface area contributed by atoms with Gasteiger partial charge in [-0.1, -0.05) is 11.2 Å². The van der Waals surface area contributed by atoms with E-state index in [4.69, 9.17) is 10.2 Å². The Kier molecular flexibility index (Phi) is 1.83. The summed E-state index contributed by atoms with van der Waals surface area (Å²) in [6.45, 7) is 0. The lowest BCUT2D eigenvalue weighted by molar-refractivity contribution is 0.590. The molecule has 0 saturated heterocycles. The number of rotatable bonds is 1. The normalized spacial score (nSPS) is 10.8. The molecule has 0 aliphatic carbocycles. The Labute approximate surface area is 90.9 Å². The Hall–Kier alpha value is -2.43. The van der Waals surface area contributed by atoms with Crippen molar-refractivity contribution in [3.05, 3.63) is 36.7 Å². The zero-order valence-corrected chi connectivity index (χ0v) is 8.29. The van der Waals surface area contributed by atoms with Gasteiger partial charge in [0.05, 0.1) is 0 Å². The van der Waals surface area contributed by atoms with Gasteiger partial charge in [-0.25, -0.2) is 0 Å². The predicted octanol–water partition coefficient (Wildman–Crippen LogP) is 1.87. The zero-order valence-electron chi connectivity index (χ0n) is 8.29. The lowest BCUT2D eigenvalue weighted by Crippen LogP contribution is -1.81. The number of nitrogen functional groups attached to an aromatic ring is 1. The highest BCUT2D eigenvalue weighted by atomic mass is 16.4. The SMILES string of the molecule is Nc1nnc(-c2ccc3cnccc3c2)o1. The fraction of sp³-hybridized carbons (Fsp3) is 0. The monoisotopic (exact) mass is 212 g/mol. The summed E-state index contributed by atoms with van der Waals surface area (Å²) in [4.78, 5) is 4.05. The molecule has 0 saturated carbocycles. The van der Waals surface area contributed by atoms with E-state index in [0.29, 0.717) is 5.89 Å². The van der Waals surface area contributed by atoms with E-state index in [9.17, 15) is 0 Å². The third-order valence-electron chi connectivity index (χ3n) is 2.33. The van der Waals surface area contributed by atoms with E-state index in [2.05, 4.69) is 15.2 Å². The number of benzene rings is 1. The van der Waals surface area contributed by atoms with Crippen molar-refractivity contribution in [1.82, 2.24) is 15.2 Å². The van der Waals surface area contributed by atoms with Crippen LogP contribution < -0.4 is 5.73 Å². The first-order chi connectivity index (χ1) is 7.83. The van der Waals surface area contributed by atoms with E-state index >= 15 is 0 Å². The van der Waals surface area contributed by atoms with Crippen LogP contribution in [0.1, 0.15) is 0 Å². The van der Waals surface area contributed by atoms with Gasteiger partial charge in [0.2, 0.25) is 5.89 Å². The number of hydrogen-bond donors (Lipinski definition) is 1. The number of nitrogens with two attached hydrogens (primary N) is 1. The van der Waals surface area contributed by atoms with Crippen molar-refractivity contribution in [2.24, 2.45) is 0 Å². The standard InChI is InChI=1S/C11H8N4O/c12-11-15-14-10(16-11)8-1-2-9-6-13-4-3-7(9)5-8/h1-6H,(H2,12,15). The molecule has 16 heavy (non-hydrogen) atoms. The number of aromatic nitrogens is 3. The maximum absolute atomic E-state index is 5.38. The Morgan fingerprint density at radius 3 is 2.81 bits per heavy atom. The van der Waals surface area contributed by atoms with Crippen LogP contribution >= 0.6 is 0 Å². The molecule has 78 valence electrons. The van der Waals surface area contributed by atoms with E-state index < -0.39 is 0 Å². The summed E-state index contributed by atoms with van der Waals surface area (Å²) in [5.74, 6) is 0.427. The van der Waals surface area contributed by atoms with Crippen molar-refractivity contribution in [1.29, 1.82) is 0 Å². The van der Waals surface area contributed by atoms with Crippen LogP contribution in [0.2, 0.25) is 0 Å². The minimum Gasteiger partial charge on any atom is -0.404 e. The number of hydrogen-bond acceptors (Lipinski definition) is 5. The van der Waals surface area contributed by atoms with Crippen molar-refractivity contribution in [2.75, 3.05) is 5.73 Å². The van der Waals surface area contributed by atoms with Gasteiger partial charge < -0.3 is 10.2 Å². The molecule has 0 atom stereocenters. The number of pyridine rings is 1. The second kappa shape index (κ2) is 3.30. The largest absolute Gasteiger partial charge is 0.404 e. The van der Waals surface area contributed by atoms with Gasteiger partial charge in [-0.3, -0.25) is 4.98 Å². The first-order valence-corrected chi connectivity index (χ1v) is 4.76. The Morgan fingerprint density at radius 1 is 1.06 bits per heavy atom. The summed E-state index contributed by atoms with van der Waals surface area (Å²) < 4.78 is 5.16. The molecule has 5 nitrogen and oxygen atoms in total. The molecule has 0 unspecified atom stereocenters. The summed E-state index contributed by atoms with van der Waals surface area (Å²) in [5.41, 5.74) is 6.23. The van der Waals surface area contributed by atoms with Crippen LogP contribution in [0.4, 0.5) is 6.01 Å². The third-order valence-corrected chi connectivity index (χ3v) is 2.33. The minimum atomic E-state index is 0.0739. The summed E-state index contributed by atoms with van der Waals surface area (Å²) in [7, 11) is 0. The number of nitrogens with zero attached hydrogens (tertiary/aromatic N) is 3. The molecule has 2 aromatic heterocycles. The van der Waals surface area contributed by atoms with Crippen LogP contribution in [-0.2, 0) is 0 Å². The maximum Gasteiger partial charge on any atom is 0.313 e. The van der Waals surface area contributed by atoms with Gasteiger partial charge in [0, 0.05) is 23.3 Å². The molecule has 1 aromatic carbocycles. The first kappa shape index (κ1) is 8.84. The lowest BCUT2D eigenvalue weighted by atomic mass is 10.1. The number of anilines is 1. The van der Waals surface area contributed by atoms with Crippen molar-refractivity contribution in [2.45, 2.75) is 0 Å². The smallest absolute Gasteiger partial charge is 0.313 e. The van der Waals surface area contributed by atoms with Gasteiger partial charge >= 0.3 is 6.01 Å². The molecular weight excluding hydrogens is 204 g/mol. The molecule has 0 aliphatic rings. The summed E-state index contributed by atoms with van der Waals surface area (Å²) in [6, 6.07) is 7.82. The van der Waals surface area contributed by atoms with Gasteiger partial charge in [-0.2, -0.15) is 0 Å². The molecule has 0 radical (unpaired) electrons. The molecule has 0 bridgehead atoms. The minimum absolute atomic E-state index is 0.0739. The molecule has 3 aromatic rings. The lowest BCUT2D eigenvalue weighted by Gasteiger charge is -1.98. The zero-order chi connectivity index (χ0) is 11.0. The van der Waals surface area contributed by atoms with E-state index in [1.165, 1.54) is 0 Å². The van der Waals surface area contributed by atoms with Crippen LogP contribution in [0.3, 0.4) is 0 Å². The maximum atomic E-state index is 5.38. The molecule has 0 aliphatic heterocycles. The molecule has 2 heterocycles. The molecule has 5 heteroatoms.